The van der Waals surface area contributed by atoms with Gasteiger partial charge in [0.05, 0.1) is 30.7 Å². The van der Waals surface area contributed by atoms with Crippen LogP contribution in [0.15, 0.2) is 48.5 Å². The average Bonchev–Trinajstić information content (AvgIpc) is 2.96. The van der Waals surface area contributed by atoms with E-state index < -0.39 is 0 Å². The second-order valence-corrected chi connectivity index (χ2v) is 6.94. The summed E-state index contributed by atoms with van der Waals surface area (Å²) in [4.78, 5) is 12.4. The van der Waals surface area contributed by atoms with Crippen LogP contribution in [0.5, 0.6) is 5.75 Å². The molecule has 150 valence electrons. The maximum absolute atomic E-state index is 13.2. The molecule has 3 rings (SSSR count). The summed E-state index contributed by atoms with van der Waals surface area (Å²) in [5.41, 5.74) is 3.75. The van der Waals surface area contributed by atoms with Crippen molar-refractivity contribution in [1.82, 2.24) is 9.78 Å². The Morgan fingerprint density at radius 1 is 1.24 bits per heavy atom. The standard InChI is InChI=1S/C22H21ClFN3O2/c1-14-22(25-21(28)11-6-16-4-9-19(29-3)10-5-16)15(2)27(26-14)13-17-7-8-18(24)12-20(17)23/h4-12H,13H2,1-3H3,(H,25,28)/b11-6+. The Hall–Kier alpha value is -3.12. The number of carbonyl (C=O) groups is 1. The van der Waals surface area contributed by atoms with E-state index in [1.54, 1.807) is 23.9 Å². The number of hydrogen-bond donors (Lipinski definition) is 1. The molecule has 0 saturated heterocycles. The van der Waals surface area contributed by atoms with E-state index in [0.29, 0.717) is 22.9 Å². The second kappa shape index (κ2) is 8.92. The molecule has 1 N–H and O–H groups in total. The molecule has 0 spiro atoms. The Morgan fingerprint density at radius 2 is 1.97 bits per heavy atom. The van der Waals surface area contributed by atoms with Crippen LogP contribution in [0.4, 0.5) is 10.1 Å². The van der Waals surface area contributed by atoms with E-state index in [1.807, 2.05) is 38.1 Å². The molecule has 3 aromatic rings. The van der Waals surface area contributed by atoms with Gasteiger partial charge in [-0.15, -0.1) is 0 Å². The van der Waals surface area contributed by atoms with Crippen LogP contribution in [-0.2, 0) is 11.3 Å². The Bertz CT molecular complexity index is 1060. The minimum atomic E-state index is -0.385. The van der Waals surface area contributed by atoms with Gasteiger partial charge in [-0.25, -0.2) is 4.39 Å². The van der Waals surface area contributed by atoms with E-state index in [1.165, 1.54) is 18.2 Å². The molecule has 0 radical (unpaired) electrons. The first-order valence-corrected chi connectivity index (χ1v) is 9.36. The number of nitrogens with zero attached hydrogens (tertiary/aromatic N) is 2. The molecule has 29 heavy (non-hydrogen) atoms. The van der Waals surface area contributed by atoms with Crippen molar-refractivity contribution in [2.45, 2.75) is 20.4 Å². The highest BCUT2D eigenvalue weighted by Crippen LogP contribution is 2.23. The van der Waals surface area contributed by atoms with Crippen LogP contribution < -0.4 is 10.1 Å². The summed E-state index contributed by atoms with van der Waals surface area (Å²) in [6, 6.07) is 11.7. The normalized spacial score (nSPS) is 11.1. The number of benzene rings is 2. The van der Waals surface area contributed by atoms with Crippen molar-refractivity contribution in [3.8, 4) is 5.75 Å². The van der Waals surface area contributed by atoms with Crippen molar-refractivity contribution in [2.75, 3.05) is 12.4 Å². The minimum absolute atomic E-state index is 0.258. The van der Waals surface area contributed by atoms with Crippen LogP contribution in [0.3, 0.4) is 0 Å². The van der Waals surface area contributed by atoms with Gasteiger partial charge in [-0.2, -0.15) is 5.10 Å². The Balaban J connectivity index is 1.72. The summed E-state index contributed by atoms with van der Waals surface area (Å²) in [6.45, 7) is 4.06. The average molecular weight is 414 g/mol. The largest absolute Gasteiger partial charge is 0.497 e. The van der Waals surface area contributed by atoms with Crippen molar-refractivity contribution in [2.24, 2.45) is 0 Å². The maximum Gasteiger partial charge on any atom is 0.248 e. The monoisotopic (exact) mass is 413 g/mol. The number of aryl methyl sites for hydroxylation is 1. The zero-order valence-electron chi connectivity index (χ0n) is 16.4. The lowest BCUT2D eigenvalue weighted by atomic mass is 10.2. The van der Waals surface area contributed by atoms with Gasteiger partial charge in [-0.3, -0.25) is 9.48 Å². The highest BCUT2D eigenvalue weighted by Gasteiger charge is 2.14. The predicted molar refractivity (Wildman–Crippen MR) is 113 cm³/mol. The maximum atomic E-state index is 13.2. The molecule has 0 fully saturated rings. The van der Waals surface area contributed by atoms with Gasteiger partial charge in [0.1, 0.15) is 11.6 Å². The Kier molecular flexibility index (Phi) is 6.34. The number of halogens is 2. The summed E-state index contributed by atoms with van der Waals surface area (Å²) < 4.78 is 20.1. The number of hydrogen-bond acceptors (Lipinski definition) is 3. The van der Waals surface area contributed by atoms with E-state index in [9.17, 15) is 9.18 Å². The van der Waals surface area contributed by atoms with Crippen LogP contribution in [0.25, 0.3) is 6.08 Å². The molecule has 1 amide bonds. The van der Waals surface area contributed by atoms with Crippen LogP contribution in [0.2, 0.25) is 5.02 Å². The lowest BCUT2D eigenvalue weighted by Crippen LogP contribution is -2.10. The fourth-order valence-electron chi connectivity index (χ4n) is 2.89. The van der Waals surface area contributed by atoms with Crippen LogP contribution >= 0.6 is 11.6 Å². The number of carbonyl (C=O) groups excluding carboxylic acids is 1. The number of aromatic nitrogens is 2. The quantitative estimate of drug-likeness (QED) is 0.578. The molecule has 0 unspecified atom stereocenters. The Morgan fingerprint density at radius 3 is 2.62 bits per heavy atom. The number of methoxy groups -OCH3 is 1. The smallest absolute Gasteiger partial charge is 0.248 e. The number of ether oxygens (including phenoxy) is 1. The van der Waals surface area contributed by atoms with Crippen molar-refractivity contribution in [1.29, 1.82) is 0 Å². The fraction of sp³-hybridized carbons (Fsp3) is 0.182. The van der Waals surface area contributed by atoms with Crippen molar-refractivity contribution >= 4 is 29.3 Å². The zero-order chi connectivity index (χ0) is 21.0. The summed E-state index contributed by atoms with van der Waals surface area (Å²) in [5.74, 6) is 0.113. The summed E-state index contributed by atoms with van der Waals surface area (Å²) in [6.07, 6.45) is 3.19. The van der Waals surface area contributed by atoms with Gasteiger partial charge in [0.15, 0.2) is 0 Å². The first kappa shape index (κ1) is 20.6. The molecular weight excluding hydrogens is 393 g/mol. The molecule has 0 bridgehead atoms. The molecule has 1 aromatic heterocycles. The summed E-state index contributed by atoms with van der Waals surface area (Å²) in [7, 11) is 1.60. The SMILES string of the molecule is COc1ccc(/C=C/C(=O)Nc2c(C)nn(Cc3ccc(F)cc3Cl)c2C)cc1. The van der Waals surface area contributed by atoms with E-state index in [-0.39, 0.29) is 11.7 Å². The van der Waals surface area contributed by atoms with Gasteiger partial charge < -0.3 is 10.1 Å². The van der Waals surface area contributed by atoms with Gasteiger partial charge in [0.25, 0.3) is 0 Å². The van der Waals surface area contributed by atoms with Gasteiger partial charge in [0.2, 0.25) is 5.91 Å². The van der Waals surface area contributed by atoms with E-state index in [0.717, 1.165) is 22.6 Å². The third-order valence-corrected chi connectivity index (χ3v) is 4.86. The van der Waals surface area contributed by atoms with E-state index in [4.69, 9.17) is 16.3 Å². The van der Waals surface area contributed by atoms with Gasteiger partial charge >= 0.3 is 0 Å². The van der Waals surface area contributed by atoms with Crippen LogP contribution in [0.1, 0.15) is 22.5 Å². The minimum Gasteiger partial charge on any atom is -0.497 e. The summed E-state index contributed by atoms with van der Waals surface area (Å²) >= 11 is 6.11. The molecule has 0 aliphatic carbocycles. The lowest BCUT2D eigenvalue weighted by Gasteiger charge is -2.08. The highest BCUT2D eigenvalue weighted by molar-refractivity contribution is 6.31. The van der Waals surface area contributed by atoms with Crippen molar-refractivity contribution < 1.29 is 13.9 Å². The van der Waals surface area contributed by atoms with Gasteiger partial charge in [0, 0.05) is 11.1 Å². The fourth-order valence-corrected chi connectivity index (χ4v) is 3.12. The topological polar surface area (TPSA) is 56.1 Å². The van der Waals surface area contributed by atoms with Crippen LogP contribution in [-0.4, -0.2) is 22.8 Å². The van der Waals surface area contributed by atoms with Gasteiger partial charge in [-0.05, 0) is 55.3 Å². The molecule has 5 nitrogen and oxygen atoms in total. The first-order chi connectivity index (χ1) is 13.9. The number of rotatable bonds is 6. The van der Waals surface area contributed by atoms with E-state index >= 15 is 0 Å². The molecule has 7 heteroatoms. The molecule has 2 aromatic carbocycles. The third kappa shape index (κ3) is 5.03. The lowest BCUT2D eigenvalue weighted by molar-refractivity contribution is -0.111. The zero-order valence-corrected chi connectivity index (χ0v) is 17.1. The number of amides is 1. The third-order valence-electron chi connectivity index (χ3n) is 4.51. The molecule has 0 saturated carbocycles. The van der Waals surface area contributed by atoms with Crippen molar-refractivity contribution in [3.63, 3.8) is 0 Å². The van der Waals surface area contributed by atoms with E-state index in [2.05, 4.69) is 10.4 Å². The highest BCUT2D eigenvalue weighted by atomic mass is 35.5. The molecule has 0 aliphatic heterocycles. The number of anilines is 1. The molecule has 0 atom stereocenters. The second-order valence-electron chi connectivity index (χ2n) is 6.53. The van der Waals surface area contributed by atoms with Crippen molar-refractivity contribution in [3.05, 3.63) is 81.9 Å². The number of nitrogens with one attached hydrogen (secondary N) is 1. The molecule has 1 heterocycles. The Labute approximate surface area is 173 Å². The van der Waals surface area contributed by atoms with Gasteiger partial charge in [-0.1, -0.05) is 29.8 Å². The molecule has 0 aliphatic rings. The molecular formula is C22H21ClFN3O2. The first-order valence-electron chi connectivity index (χ1n) is 8.98. The predicted octanol–water partition coefficient (Wildman–Crippen LogP) is 5.00. The van der Waals surface area contributed by atoms with Crippen LogP contribution in [0, 0.1) is 19.7 Å². The summed E-state index contributed by atoms with van der Waals surface area (Å²) in [5, 5.41) is 7.68.